The van der Waals surface area contributed by atoms with Gasteiger partial charge >= 0.3 is 0 Å². The Bertz CT molecular complexity index is 872. The van der Waals surface area contributed by atoms with Crippen molar-refractivity contribution in [1.82, 2.24) is 10.2 Å². The normalized spacial score (nSPS) is 19.2. The van der Waals surface area contributed by atoms with Crippen LogP contribution in [0.5, 0.6) is 5.75 Å². The fourth-order valence-electron chi connectivity index (χ4n) is 4.14. The number of nitrogens with zero attached hydrogens (tertiary/aromatic N) is 1. The van der Waals surface area contributed by atoms with E-state index < -0.39 is 0 Å². The second kappa shape index (κ2) is 10.4. The molecule has 1 N–H and O–H groups in total. The first-order chi connectivity index (χ1) is 15.2. The third kappa shape index (κ3) is 5.85. The van der Waals surface area contributed by atoms with Crippen molar-refractivity contribution in [2.24, 2.45) is 5.92 Å². The Labute approximate surface area is 183 Å². The molecule has 2 aromatic carbocycles. The molecule has 2 aliphatic heterocycles. The van der Waals surface area contributed by atoms with Crippen molar-refractivity contribution in [3.63, 3.8) is 0 Å². The van der Waals surface area contributed by atoms with Gasteiger partial charge in [0.25, 0.3) is 5.91 Å². The topological polar surface area (TPSA) is 67.9 Å². The number of carbonyl (C=O) groups excluding carboxylic acids is 2. The number of likely N-dealkylation sites (tertiary alicyclic amines) is 1. The quantitative estimate of drug-likeness (QED) is 0.743. The summed E-state index contributed by atoms with van der Waals surface area (Å²) in [6.07, 6.45) is 3.61. The van der Waals surface area contributed by atoms with Crippen LogP contribution in [0, 0.1) is 5.92 Å². The van der Waals surface area contributed by atoms with Crippen molar-refractivity contribution in [2.45, 2.75) is 38.3 Å². The van der Waals surface area contributed by atoms with E-state index in [9.17, 15) is 9.59 Å². The van der Waals surface area contributed by atoms with E-state index in [2.05, 4.69) is 5.32 Å². The van der Waals surface area contributed by atoms with E-state index in [0.717, 1.165) is 25.0 Å². The highest BCUT2D eigenvalue weighted by Crippen LogP contribution is 2.22. The molecule has 31 heavy (non-hydrogen) atoms. The molecule has 2 heterocycles. The van der Waals surface area contributed by atoms with E-state index in [1.54, 1.807) is 6.07 Å². The van der Waals surface area contributed by atoms with Gasteiger partial charge < -0.3 is 19.7 Å². The molecule has 0 aromatic heterocycles. The van der Waals surface area contributed by atoms with Gasteiger partial charge in [0.05, 0.1) is 6.10 Å². The van der Waals surface area contributed by atoms with Crippen molar-refractivity contribution in [2.75, 3.05) is 26.3 Å². The monoisotopic (exact) mass is 422 g/mol. The highest BCUT2D eigenvalue weighted by Gasteiger charge is 2.28. The van der Waals surface area contributed by atoms with Gasteiger partial charge in [0.1, 0.15) is 12.4 Å². The Hall–Kier alpha value is -2.86. The maximum absolute atomic E-state index is 12.9. The fourth-order valence-corrected chi connectivity index (χ4v) is 4.14. The number of rotatable bonds is 7. The first-order valence-corrected chi connectivity index (χ1v) is 11.1. The second-order valence-corrected chi connectivity index (χ2v) is 8.24. The number of nitrogens with one attached hydrogen (secondary N) is 1. The molecule has 164 valence electrons. The minimum absolute atomic E-state index is 0.00860. The SMILES string of the molecule is O=C(NCc1ccccc1)C1CCN(C(=O)c2cccc(OCC3CCCO3)c2)CC1. The predicted octanol–water partition coefficient (Wildman–Crippen LogP) is 3.41. The van der Waals surface area contributed by atoms with E-state index in [0.29, 0.717) is 50.4 Å². The molecule has 0 spiro atoms. The van der Waals surface area contributed by atoms with Crippen LogP contribution in [-0.4, -0.2) is 49.1 Å². The van der Waals surface area contributed by atoms with Gasteiger partial charge in [0.2, 0.25) is 5.91 Å². The van der Waals surface area contributed by atoms with Crippen molar-refractivity contribution in [1.29, 1.82) is 0 Å². The molecule has 0 aliphatic carbocycles. The second-order valence-electron chi connectivity index (χ2n) is 8.24. The van der Waals surface area contributed by atoms with Crippen LogP contribution in [0.3, 0.4) is 0 Å². The van der Waals surface area contributed by atoms with E-state index in [1.165, 1.54) is 0 Å². The van der Waals surface area contributed by atoms with Gasteiger partial charge in [-0.3, -0.25) is 9.59 Å². The highest BCUT2D eigenvalue weighted by atomic mass is 16.5. The summed E-state index contributed by atoms with van der Waals surface area (Å²) in [6.45, 7) is 3.03. The molecule has 2 saturated heterocycles. The minimum Gasteiger partial charge on any atom is -0.491 e. The largest absolute Gasteiger partial charge is 0.491 e. The number of piperidine rings is 1. The average Bonchev–Trinajstić information content (AvgIpc) is 3.35. The van der Waals surface area contributed by atoms with Crippen LogP contribution < -0.4 is 10.1 Å². The Morgan fingerprint density at radius 2 is 1.84 bits per heavy atom. The third-order valence-electron chi connectivity index (χ3n) is 6.00. The van der Waals surface area contributed by atoms with Crippen molar-refractivity contribution in [3.05, 3.63) is 65.7 Å². The Kier molecular flexibility index (Phi) is 7.20. The van der Waals surface area contributed by atoms with Gasteiger partial charge in [0.15, 0.2) is 0 Å². The molecule has 6 nitrogen and oxygen atoms in total. The molecule has 2 amide bonds. The van der Waals surface area contributed by atoms with Crippen LogP contribution >= 0.6 is 0 Å². The van der Waals surface area contributed by atoms with Crippen LogP contribution in [0.25, 0.3) is 0 Å². The molecular formula is C25H30N2O4. The molecule has 0 radical (unpaired) electrons. The zero-order chi connectivity index (χ0) is 21.5. The average molecular weight is 423 g/mol. The minimum atomic E-state index is -0.0474. The van der Waals surface area contributed by atoms with Crippen LogP contribution in [-0.2, 0) is 16.1 Å². The maximum Gasteiger partial charge on any atom is 0.253 e. The smallest absolute Gasteiger partial charge is 0.253 e. The Balaban J connectivity index is 1.25. The first-order valence-electron chi connectivity index (χ1n) is 11.1. The first kappa shape index (κ1) is 21.4. The number of hydrogen-bond donors (Lipinski definition) is 1. The Morgan fingerprint density at radius 1 is 1.03 bits per heavy atom. The standard InChI is InChI=1S/C25H30N2O4/c28-24(26-17-19-6-2-1-3-7-19)20-11-13-27(14-12-20)25(29)21-8-4-9-22(16-21)31-18-23-10-5-15-30-23/h1-4,6-9,16,20,23H,5,10-15,17-18H2,(H,26,28). The lowest BCUT2D eigenvalue weighted by Gasteiger charge is -2.31. The van der Waals surface area contributed by atoms with Crippen LogP contribution in [0.4, 0.5) is 0 Å². The van der Waals surface area contributed by atoms with Gasteiger partial charge in [-0.25, -0.2) is 0 Å². The van der Waals surface area contributed by atoms with Crippen molar-refractivity contribution in [3.8, 4) is 5.75 Å². The highest BCUT2D eigenvalue weighted by molar-refractivity contribution is 5.94. The van der Waals surface area contributed by atoms with E-state index in [1.807, 2.05) is 53.4 Å². The number of carbonyl (C=O) groups is 2. The molecule has 6 heteroatoms. The molecule has 1 unspecified atom stereocenters. The maximum atomic E-state index is 12.9. The van der Waals surface area contributed by atoms with Gasteiger partial charge in [-0.1, -0.05) is 36.4 Å². The van der Waals surface area contributed by atoms with Crippen LogP contribution in [0.15, 0.2) is 54.6 Å². The molecule has 0 bridgehead atoms. The molecule has 2 aromatic rings. The lowest BCUT2D eigenvalue weighted by atomic mass is 9.95. The van der Waals surface area contributed by atoms with E-state index in [4.69, 9.17) is 9.47 Å². The lowest BCUT2D eigenvalue weighted by molar-refractivity contribution is -0.126. The summed E-state index contributed by atoms with van der Waals surface area (Å²) in [4.78, 5) is 27.3. The molecule has 0 saturated carbocycles. The van der Waals surface area contributed by atoms with Gasteiger partial charge in [-0.2, -0.15) is 0 Å². The van der Waals surface area contributed by atoms with Gasteiger partial charge in [0, 0.05) is 37.7 Å². The third-order valence-corrected chi connectivity index (χ3v) is 6.00. The Morgan fingerprint density at radius 3 is 2.58 bits per heavy atom. The van der Waals surface area contributed by atoms with Crippen molar-refractivity contribution < 1.29 is 19.1 Å². The molecule has 2 fully saturated rings. The zero-order valence-corrected chi connectivity index (χ0v) is 17.8. The summed E-state index contributed by atoms with van der Waals surface area (Å²) < 4.78 is 11.4. The molecular weight excluding hydrogens is 392 g/mol. The van der Waals surface area contributed by atoms with Gasteiger partial charge in [-0.15, -0.1) is 0 Å². The fraction of sp³-hybridized carbons (Fsp3) is 0.440. The summed E-state index contributed by atoms with van der Waals surface area (Å²) in [5.41, 5.74) is 1.71. The number of ether oxygens (including phenoxy) is 2. The number of benzene rings is 2. The van der Waals surface area contributed by atoms with Crippen LogP contribution in [0.2, 0.25) is 0 Å². The molecule has 4 rings (SSSR count). The summed E-state index contributed by atoms with van der Waals surface area (Å²) in [5.74, 6) is 0.705. The summed E-state index contributed by atoms with van der Waals surface area (Å²) in [7, 11) is 0. The van der Waals surface area contributed by atoms with E-state index in [-0.39, 0.29) is 23.8 Å². The van der Waals surface area contributed by atoms with Crippen molar-refractivity contribution >= 4 is 11.8 Å². The molecule has 2 aliphatic rings. The number of hydrogen-bond acceptors (Lipinski definition) is 4. The summed E-state index contributed by atoms with van der Waals surface area (Å²) >= 11 is 0. The summed E-state index contributed by atoms with van der Waals surface area (Å²) in [6, 6.07) is 17.2. The lowest BCUT2D eigenvalue weighted by Crippen LogP contribution is -2.42. The number of amides is 2. The summed E-state index contributed by atoms with van der Waals surface area (Å²) in [5, 5.41) is 3.02. The van der Waals surface area contributed by atoms with Crippen LogP contribution in [0.1, 0.15) is 41.6 Å². The molecule has 1 atom stereocenters. The van der Waals surface area contributed by atoms with E-state index >= 15 is 0 Å². The predicted molar refractivity (Wildman–Crippen MR) is 118 cm³/mol. The zero-order valence-electron chi connectivity index (χ0n) is 17.8. The van der Waals surface area contributed by atoms with Gasteiger partial charge in [-0.05, 0) is 49.4 Å².